The second kappa shape index (κ2) is 4.03. The lowest BCUT2D eigenvalue weighted by Crippen LogP contribution is -1.87. The molecule has 0 radical (unpaired) electrons. The van der Waals surface area contributed by atoms with Crippen molar-refractivity contribution in [2.24, 2.45) is 0 Å². The molecule has 0 saturated heterocycles. The molecule has 0 saturated carbocycles. The molecule has 1 N–H and O–H groups in total. The second-order valence-electron chi connectivity index (χ2n) is 3.22. The van der Waals surface area contributed by atoms with Gasteiger partial charge in [-0.1, -0.05) is 0 Å². The van der Waals surface area contributed by atoms with Crippen LogP contribution in [0.25, 0.3) is 11.4 Å². The molecule has 74 valence electrons. The first kappa shape index (κ1) is 10.2. The van der Waals surface area contributed by atoms with Crippen LogP contribution in [0.15, 0.2) is 24.4 Å². The van der Waals surface area contributed by atoms with Crippen LogP contribution in [-0.4, -0.2) is 9.97 Å². The Kier molecular flexibility index (Phi) is 2.73. The molecule has 0 fully saturated rings. The van der Waals surface area contributed by atoms with Gasteiger partial charge >= 0.3 is 0 Å². The Hall–Kier alpha value is -1.35. The van der Waals surface area contributed by atoms with Crippen LogP contribution >= 0.6 is 22.6 Å². The lowest BCUT2D eigenvalue weighted by molar-refractivity contribution is 1.25. The van der Waals surface area contributed by atoms with Crippen molar-refractivity contribution < 1.29 is 0 Å². The van der Waals surface area contributed by atoms with Crippen molar-refractivity contribution in [1.82, 2.24) is 9.97 Å². The number of aryl methyl sites for hydroxylation is 1. The number of nitrogens with zero attached hydrogens (tertiary/aromatic N) is 2. The fraction of sp³-hybridized carbons (Fsp3) is 0.0909. The monoisotopic (exact) mass is 309 g/mol. The number of benzene rings is 1. The second-order valence-corrected chi connectivity index (χ2v) is 4.46. The van der Waals surface area contributed by atoms with E-state index >= 15 is 0 Å². The summed E-state index contributed by atoms with van der Waals surface area (Å²) in [5.74, 6) is 0.750. The first-order valence-corrected chi connectivity index (χ1v) is 5.50. The van der Waals surface area contributed by atoms with Crippen molar-refractivity contribution >= 4 is 22.6 Å². The SMILES string of the molecule is Cc1cnc(-c2ccc(I)cc2C#N)[nH]1. The Morgan fingerprint density at radius 2 is 2.27 bits per heavy atom. The quantitative estimate of drug-likeness (QED) is 0.824. The van der Waals surface area contributed by atoms with Crippen molar-refractivity contribution in [2.45, 2.75) is 6.92 Å². The maximum Gasteiger partial charge on any atom is 0.138 e. The van der Waals surface area contributed by atoms with Gasteiger partial charge in [0, 0.05) is 21.0 Å². The number of aromatic nitrogens is 2. The molecule has 3 nitrogen and oxygen atoms in total. The molecule has 15 heavy (non-hydrogen) atoms. The van der Waals surface area contributed by atoms with Crippen molar-refractivity contribution in [3.63, 3.8) is 0 Å². The number of aromatic amines is 1. The van der Waals surface area contributed by atoms with Gasteiger partial charge in [0.15, 0.2) is 0 Å². The summed E-state index contributed by atoms with van der Waals surface area (Å²) < 4.78 is 1.05. The van der Waals surface area contributed by atoms with E-state index in [-0.39, 0.29) is 0 Å². The van der Waals surface area contributed by atoms with E-state index in [9.17, 15) is 0 Å². The summed E-state index contributed by atoms with van der Waals surface area (Å²) in [6, 6.07) is 7.92. The van der Waals surface area contributed by atoms with Crippen LogP contribution in [0.2, 0.25) is 0 Å². The summed E-state index contributed by atoms with van der Waals surface area (Å²) >= 11 is 2.19. The molecular formula is C11H8IN3. The van der Waals surface area contributed by atoms with Gasteiger partial charge in [0.1, 0.15) is 5.82 Å². The van der Waals surface area contributed by atoms with Gasteiger partial charge in [0.25, 0.3) is 0 Å². The third-order valence-corrected chi connectivity index (χ3v) is 2.73. The third kappa shape index (κ3) is 2.02. The van der Waals surface area contributed by atoms with Crippen LogP contribution in [0.5, 0.6) is 0 Å². The number of H-pyrrole nitrogens is 1. The number of hydrogen-bond donors (Lipinski definition) is 1. The highest BCUT2D eigenvalue weighted by molar-refractivity contribution is 14.1. The number of rotatable bonds is 1. The topological polar surface area (TPSA) is 52.5 Å². The Morgan fingerprint density at radius 3 is 2.87 bits per heavy atom. The van der Waals surface area contributed by atoms with Gasteiger partial charge in [0.05, 0.1) is 11.6 Å². The predicted molar refractivity (Wildman–Crippen MR) is 66.2 cm³/mol. The summed E-state index contributed by atoms with van der Waals surface area (Å²) in [7, 11) is 0. The first-order valence-electron chi connectivity index (χ1n) is 4.42. The molecule has 0 atom stereocenters. The highest BCUT2D eigenvalue weighted by atomic mass is 127. The molecule has 0 spiro atoms. The Morgan fingerprint density at radius 1 is 1.47 bits per heavy atom. The smallest absolute Gasteiger partial charge is 0.138 e. The van der Waals surface area contributed by atoms with Crippen molar-refractivity contribution in [3.05, 3.63) is 39.2 Å². The van der Waals surface area contributed by atoms with Crippen LogP contribution in [0.3, 0.4) is 0 Å². The van der Waals surface area contributed by atoms with Crippen LogP contribution in [-0.2, 0) is 0 Å². The summed E-state index contributed by atoms with van der Waals surface area (Å²) in [5.41, 5.74) is 2.50. The van der Waals surface area contributed by atoms with Gasteiger partial charge < -0.3 is 4.98 Å². The van der Waals surface area contributed by atoms with Gasteiger partial charge in [-0.2, -0.15) is 5.26 Å². The molecule has 0 aliphatic carbocycles. The lowest BCUT2D eigenvalue weighted by atomic mass is 10.1. The van der Waals surface area contributed by atoms with E-state index in [2.05, 4.69) is 38.6 Å². The minimum atomic E-state index is 0.649. The minimum absolute atomic E-state index is 0.649. The normalized spacial score (nSPS) is 9.93. The average Bonchev–Trinajstić information content (AvgIpc) is 2.64. The molecule has 2 rings (SSSR count). The van der Waals surface area contributed by atoms with E-state index in [4.69, 9.17) is 5.26 Å². The standard InChI is InChI=1S/C11H8IN3/c1-7-6-14-11(15-7)10-3-2-9(12)4-8(10)5-13/h2-4,6H,1H3,(H,14,15). The zero-order valence-corrected chi connectivity index (χ0v) is 10.2. The Labute approximate surface area is 101 Å². The average molecular weight is 309 g/mol. The molecule has 0 bridgehead atoms. The van der Waals surface area contributed by atoms with Crippen molar-refractivity contribution in [3.8, 4) is 17.5 Å². The van der Waals surface area contributed by atoms with Crippen molar-refractivity contribution in [2.75, 3.05) is 0 Å². The summed E-state index contributed by atoms with van der Waals surface area (Å²) in [4.78, 5) is 7.34. The number of halogens is 1. The fourth-order valence-electron chi connectivity index (χ4n) is 1.37. The molecule has 1 heterocycles. The first-order chi connectivity index (χ1) is 7.20. The van der Waals surface area contributed by atoms with E-state index in [1.54, 1.807) is 6.20 Å². The van der Waals surface area contributed by atoms with Crippen molar-refractivity contribution in [1.29, 1.82) is 5.26 Å². The maximum absolute atomic E-state index is 9.02. The fourth-order valence-corrected chi connectivity index (χ4v) is 1.86. The van der Waals surface area contributed by atoms with Gasteiger partial charge in [-0.05, 0) is 47.7 Å². The number of hydrogen-bond acceptors (Lipinski definition) is 2. The zero-order chi connectivity index (χ0) is 10.8. The highest BCUT2D eigenvalue weighted by Crippen LogP contribution is 2.22. The van der Waals surface area contributed by atoms with Gasteiger partial charge in [0.2, 0.25) is 0 Å². The summed E-state index contributed by atoms with van der Waals surface area (Å²) in [6.45, 7) is 1.94. The molecule has 1 aromatic heterocycles. The highest BCUT2D eigenvalue weighted by Gasteiger charge is 2.07. The summed E-state index contributed by atoms with van der Waals surface area (Å²) in [5, 5.41) is 9.02. The van der Waals surface area contributed by atoms with E-state index in [0.717, 1.165) is 20.7 Å². The number of nitriles is 1. The molecule has 2 aromatic rings. The number of imidazole rings is 1. The minimum Gasteiger partial charge on any atom is -0.342 e. The van der Waals surface area contributed by atoms with Gasteiger partial charge in [-0.15, -0.1) is 0 Å². The summed E-state index contributed by atoms with van der Waals surface area (Å²) in [6.07, 6.45) is 1.76. The van der Waals surface area contributed by atoms with Gasteiger partial charge in [-0.25, -0.2) is 4.98 Å². The Bertz CT molecular complexity index is 537. The largest absolute Gasteiger partial charge is 0.342 e. The van der Waals surface area contributed by atoms with E-state index < -0.39 is 0 Å². The molecule has 0 unspecified atom stereocenters. The van der Waals surface area contributed by atoms with Crippen LogP contribution in [0.4, 0.5) is 0 Å². The van der Waals surface area contributed by atoms with E-state index in [0.29, 0.717) is 5.56 Å². The Balaban J connectivity index is 2.58. The van der Waals surface area contributed by atoms with Crippen LogP contribution in [0.1, 0.15) is 11.3 Å². The molecule has 4 heteroatoms. The van der Waals surface area contributed by atoms with Crippen LogP contribution < -0.4 is 0 Å². The van der Waals surface area contributed by atoms with E-state index in [1.807, 2.05) is 25.1 Å². The molecular weight excluding hydrogens is 301 g/mol. The third-order valence-electron chi connectivity index (χ3n) is 2.06. The van der Waals surface area contributed by atoms with Crippen LogP contribution in [0, 0.1) is 21.8 Å². The number of nitrogens with one attached hydrogen (secondary N) is 1. The molecule has 0 amide bonds. The molecule has 1 aromatic carbocycles. The van der Waals surface area contributed by atoms with E-state index in [1.165, 1.54) is 0 Å². The zero-order valence-electron chi connectivity index (χ0n) is 8.08. The maximum atomic E-state index is 9.02. The lowest BCUT2D eigenvalue weighted by Gasteiger charge is -2.00. The molecule has 0 aliphatic heterocycles. The predicted octanol–water partition coefficient (Wildman–Crippen LogP) is 2.86. The molecule has 0 aliphatic rings. The van der Waals surface area contributed by atoms with Gasteiger partial charge in [-0.3, -0.25) is 0 Å².